The zero-order valence-corrected chi connectivity index (χ0v) is 20.3. The predicted molar refractivity (Wildman–Crippen MR) is 122 cm³/mol. The van der Waals surface area contributed by atoms with Gasteiger partial charge in [-0.25, -0.2) is 0 Å². The van der Waals surface area contributed by atoms with Crippen molar-refractivity contribution < 1.29 is 20.1 Å². The second-order valence-corrected chi connectivity index (χ2v) is 12.6. The quantitative estimate of drug-likeness (QED) is 0.458. The monoisotopic (exact) mass is 434 g/mol. The van der Waals surface area contributed by atoms with Crippen molar-refractivity contribution in [3.8, 4) is 0 Å². The van der Waals surface area contributed by atoms with Crippen molar-refractivity contribution in [3.05, 3.63) is 0 Å². The van der Waals surface area contributed by atoms with Crippen molar-refractivity contribution in [3.63, 3.8) is 0 Å². The lowest BCUT2D eigenvalue weighted by atomic mass is 9.44. The van der Waals surface area contributed by atoms with E-state index in [1.54, 1.807) is 0 Å². The summed E-state index contributed by atoms with van der Waals surface area (Å²) in [7, 11) is 0. The fourth-order valence-electron chi connectivity index (χ4n) is 9.54. The van der Waals surface area contributed by atoms with Crippen LogP contribution in [0.25, 0.3) is 0 Å². The van der Waals surface area contributed by atoms with Gasteiger partial charge in [0.1, 0.15) is 0 Å². The van der Waals surface area contributed by atoms with Crippen LogP contribution < -0.4 is 0 Å². The highest BCUT2D eigenvalue weighted by Crippen LogP contribution is 2.70. The van der Waals surface area contributed by atoms with Gasteiger partial charge in [-0.2, -0.15) is 0 Å². The van der Waals surface area contributed by atoms with Crippen LogP contribution in [-0.4, -0.2) is 27.1 Å². The van der Waals surface area contributed by atoms with E-state index in [1.807, 2.05) is 0 Å². The van der Waals surface area contributed by atoms with E-state index in [0.29, 0.717) is 24.2 Å². The highest BCUT2D eigenvalue weighted by molar-refractivity contribution is 5.76. The number of aliphatic carboxylic acids is 1. The highest BCUT2D eigenvalue weighted by Gasteiger charge is 2.68. The normalized spacial score (nSPS) is 44.9. The van der Waals surface area contributed by atoms with Crippen LogP contribution >= 0.6 is 0 Å². The van der Waals surface area contributed by atoms with Crippen LogP contribution in [-0.2, 0) is 4.79 Å². The van der Waals surface area contributed by atoms with Gasteiger partial charge in [-0.05, 0) is 79.4 Å². The summed E-state index contributed by atoms with van der Waals surface area (Å²) < 4.78 is 0. The Morgan fingerprint density at radius 2 is 1.71 bits per heavy atom. The minimum atomic E-state index is -1.62. The van der Waals surface area contributed by atoms with E-state index in [-0.39, 0.29) is 29.1 Å². The van der Waals surface area contributed by atoms with Crippen molar-refractivity contribution in [1.82, 2.24) is 0 Å². The molecule has 0 aromatic carbocycles. The van der Waals surface area contributed by atoms with E-state index in [4.69, 9.17) is 0 Å². The minimum Gasteiger partial charge on any atom is -0.481 e. The Hall–Kier alpha value is -0.610. The Balaban J connectivity index is 1.60. The largest absolute Gasteiger partial charge is 0.481 e. The number of carboxylic acids is 1. The van der Waals surface area contributed by atoms with E-state index >= 15 is 0 Å². The van der Waals surface area contributed by atoms with Gasteiger partial charge >= 0.3 is 5.97 Å². The molecule has 178 valence electrons. The van der Waals surface area contributed by atoms with Crippen molar-refractivity contribution in [1.29, 1.82) is 0 Å². The molecule has 4 aliphatic carbocycles. The summed E-state index contributed by atoms with van der Waals surface area (Å²) in [5, 5.41) is 33.0. The van der Waals surface area contributed by atoms with E-state index in [1.165, 1.54) is 12.8 Å². The maximum atomic E-state index is 12.7. The predicted octanol–water partition coefficient (Wildman–Crippen LogP) is 5.85. The van der Waals surface area contributed by atoms with Crippen LogP contribution in [0.4, 0.5) is 0 Å². The second kappa shape index (κ2) is 8.31. The van der Waals surface area contributed by atoms with Gasteiger partial charge in [-0.15, -0.1) is 0 Å². The lowest BCUT2D eigenvalue weighted by Gasteiger charge is -2.59. The van der Waals surface area contributed by atoms with E-state index in [2.05, 4.69) is 27.7 Å². The van der Waals surface area contributed by atoms with Gasteiger partial charge in [0, 0.05) is 12.3 Å². The second-order valence-electron chi connectivity index (χ2n) is 12.6. The molecule has 4 heteroatoms. The molecule has 0 bridgehead atoms. The molecule has 0 amide bonds. The molecule has 0 saturated heterocycles. The van der Waals surface area contributed by atoms with Crippen molar-refractivity contribution in [2.75, 3.05) is 0 Å². The summed E-state index contributed by atoms with van der Waals surface area (Å²) in [6.07, 6.45) is 11.9. The number of hydrogen-bond donors (Lipinski definition) is 3. The van der Waals surface area contributed by atoms with Gasteiger partial charge in [-0.3, -0.25) is 4.79 Å². The molecule has 0 spiro atoms. The molecule has 1 unspecified atom stereocenters. The van der Waals surface area contributed by atoms with Gasteiger partial charge in [0.15, 0.2) is 5.79 Å². The number of fused-ring (bicyclic) bond motifs is 5. The Bertz CT molecular complexity index is 672. The van der Waals surface area contributed by atoms with Gasteiger partial charge in [-0.1, -0.05) is 59.8 Å². The van der Waals surface area contributed by atoms with Crippen molar-refractivity contribution in [2.45, 2.75) is 111 Å². The van der Waals surface area contributed by atoms with Crippen LogP contribution in [0.5, 0.6) is 0 Å². The first-order valence-corrected chi connectivity index (χ1v) is 13.2. The van der Waals surface area contributed by atoms with E-state index < -0.39 is 17.2 Å². The van der Waals surface area contributed by atoms with E-state index in [9.17, 15) is 20.1 Å². The molecule has 8 atom stereocenters. The lowest BCUT2D eigenvalue weighted by molar-refractivity contribution is -0.211. The summed E-state index contributed by atoms with van der Waals surface area (Å²) in [5.74, 6) is -0.230. The number of carboxylic acid groups (broad SMARTS) is 1. The fourth-order valence-corrected chi connectivity index (χ4v) is 9.54. The van der Waals surface area contributed by atoms with Crippen LogP contribution in [0.1, 0.15) is 105 Å². The average molecular weight is 435 g/mol. The van der Waals surface area contributed by atoms with E-state index in [0.717, 1.165) is 57.8 Å². The maximum Gasteiger partial charge on any atom is 0.310 e. The van der Waals surface area contributed by atoms with Gasteiger partial charge in [0.05, 0.1) is 5.41 Å². The minimum absolute atomic E-state index is 0.0941. The summed E-state index contributed by atoms with van der Waals surface area (Å²) in [4.78, 5) is 12.7. The highest BCUT2D eigenvalue weighted by atomic mass is 16.5. The molecule has 4 rings (SSSR count). The van der Waals surface area contributed by atoms with Crippen LogP contribution in [0.3, 0.4) is 0 Å². The van der Waals surface area contributed by atoms with Crippen LogP contribution in [0.15, 0.2) is 0 Å². The standard InChI is InChI=1S/C27H46O4/c1-17(2)8-7-9-18(3)23-25(4)15-13-21-20(22(25)16-27(23,30)31)12-11-19-10-5-6-14-26(19,21)24(28)29/h17-23,30-31H,5-16H2,1-4H3,(H,28,29)/t18-,19?,20-,21+,22+,23-,25+,26-/m1/s1. The molecular weight excluding hydrogens is 388 g/mol. The Kier molecular flexibility index (Phi) is 6.31. The molecule has 0 aliphatic heterocycles. The molecule has 4 saturated carbocycles. The summed E-state index contributed by atoms with van der Waals surface area (Å²) in [6, 6.07) is 0. The molecule has 4 aliphatic rings. The maximum absolute atomic E-state index is 12.7. The van der Waals surface area contributed by atoms with Crippen molar-refractivity contribution >= 4 is 5.97 Å². The fraction of sp³-hybridized carbons (Fsp3) is 0.963. The number of rotatable bonds is 6. The molecule has 0 radical (unpaired) electrons. The smallest absolute Gasteiger partial charge is 0.310 e. The molecule has 0 heterocycles. The summed E-state index contributed by atoms with van der Waals surface area (Å²) in [5.41, 5.74) is -0.653. The third kappa shape index (κ3) is 3.68. The van der Waals surface area contributed by atoms with Crippen molar-refractivity contribution in [2.24, 2.45) is 52.3 Å². The van der Waals surface area contributed by atoms with Crippen LogP contribution in [0.2, 0.25) is 0 Å². The molecule has 0 aromatic heterocycles. The summed E-state index contributed by atoms with van der Waals surface area (Å²) >= 11 is 0. The van der Waals surface area contributed by atoms with Crippen LogP contribution in [0, 0.1) is 52.3 Å². The average Bonchev–Trinajstić information content (AvgIpc) is 2.92. The third-order valence-electron chi connectivity index (χ3n) is 10.6. The lowest BCUT2D eigenvalue weighted by Crippen LogP contribution is -2.57. The first-order valence-electron chi connectivity index (χ1n) is 13.2. The van der Waals surface area contributed by atoms with Gasteiger partial charge in [0.2, 0.25) is 0 Å². The zero-order valence-electron chi connectivity index (χ0n) is 20.3. The molecule has 3 N–H and O–H groups in total. The molecule has 31 heavy (non-hydrogen) atoms. The molecule has 4 fully saturated rings. The Morgan fingerprint density at radius 1 is 0.968 bits per heavy atom. The SMILES string of the molecule is CC(C)CCC[C@@H](C)[C@H]1C(O)(O)C[C@H]2[C@@H]3CCC4CCCC[C@]4(C(=O)O)[C@H]3CC[C@@]21C. The summed E-state index contributed by atoms with van der Waals surface area (Å²) in [6.45, 7) is 9.04. The topological polar surface area (TPSA) is 77.8 Å². The Morgan fingerprint density at radius 3 is 2.39 bits per heavy atom. The van der Waals surface area contributed by atoms with Gasteiger partial charge < -0.3 is 15.3 Å². The third-order valence-corrected chi connectivity index (χ3v) is 10.6. The molecule has 0 aromatic rings. The zero-order chi connectivity index (χ0) is 22.6. The number of hydrogen-bond acceptors (Lipinski definition) is 3. The Labute approximate surface area is 189 Å². The first kappa shape index (κ1) is 23.5. The number of carbonyl (C=O) groups is 1. The first-order chi connectivity index (χ1) is 14.5. The molecular formula is C27H46O4. The van der Waals surface area contributed by atoms with Gasteiger partial charge in [0.25, 0.3) is 0 Å². The molecule has 4 nitrogen and oxygen atoms in total. The number of aliphatic hydroxyl groups is 2.